The second-order valence-electron chi connectivity index (χ2n) is 14.2. The zero-order valence-electron chi connectivity index (χ0n) is 30.6. The topological polar surface area (TPSA) is 31.0 Å². The molecule has 1 atom stereocenters. The maximum atomic E-state index is 6.72. The Kier molecular flexibility index (Phi) is 6.90. The predicted octanol–water partition coefficient (Wildman–Crippen LogP) is 13.6. The highest BCUT2D eigenvalue weighted by Crippen LogP contribution is 2.65. The minimum atomic E-state index is -0.471. The zero-order chi connectivity index (χ0) is 36.7. The van der Waals surface area contributed by atoms with Gasteiger partial charge in [-0.2, -0.15) is 0 Å². The van der Waals surface area contributed by atoms with Crippen molar-refractivity contribution in [2.24, 2.45) is 0 Å². The van der Waals surface area contributed by atoms with Crippen molar-refractivity contribution in [2.45, 2.75) is 19.3 Å². The molecule has 8 aromatic carbocycles. The fourth-order valence-electron chi connectivity index (χ4n) is 9.55. The fourth-order valence-corrected chi connectivity index (χ4v) is 9.55. The highest BCUT2D eigenvalue weighted by atomic mass is 16.3. The molecule has 10 aromatic rings. The van der Waals surface area contributed by atoms with E-state index in [-0.39, 0.29) is 0 Å². The first-order valence-electron chi connectivity index (χ1n) is 19.2. The van der Waals surface area contributed by atoms with Gasteiger partial charge >= 0.3 is 0 Å². The van der Waals surface area contributed by atoms with Gasteiger partial charge in [-0.05, 0) is 80.4 Å². The summed E-state index contributed by atoms with van der Waals surface area (Å²) in [6.07, 6.45) is 0. The van der Waals surface area contributed by atoms with Crippen molar-refractivity contribution in [3.8, 4) is 50.5 Å². The molecule has 1 spiro atoms. The Labute approximate surface area is 319 Å². The monoisotopic (exact) mass is 704 g/mol. The minimum absolute atomic E-state index is 0.471. The van der Waals surface area contributed by atoms with Crippen molar-refractivity contribution in [1.82, 2.24) is 9.55 Å². The van der Waals surface area contributed by atoms with Gasteiger partial charge in [0, 0.05) is 27.6 Å². The van der Waals surface area contributed by atoms with Crippen LogP contribution in [0.4, 0.5) is 0 Å². The molecule has 2 aliphatic carbocycles. The number of furan rings is 1. The SMILES string of the molecule is CC.c1ccc(-c2nc3ccccc3n2-c2ccc(-c3cccc4c3-c3ccccc3C43c4ccccc4-c4c3ccc3c4oc4ccccc43)cc2)cc1. The van der Waals surface area contributed by atoms with Crippen LogP contribution in [0.3, 0.4) is 0 Å². The molecule has 0 fully saturated rings. The molecule has 0 radical (unpaired) electrons. The second-order valence-corrected chi connectivity index (χ2v) is 14.2. The normalized spacial score (nSPS) is 14.8. The Morgan fingerprint density at radius 3 is 1.87 bits per heavy atom. The quantitative estimate of drug-likeness (QED) is 0.183. The molecule has 0 aliphatic heterocycles. The number of nitrogens with zero attached hydrogens (tertiary/aromatic N) is 2. The third-order valence-corrected chi connectivity index (χ3v) is 11.6. The van der Waals surface area contributed by atoms with Gasteiger partial charge in [0.25, 0.3) is 0 Å². The number of imidazole rings is 1. The maximum absolute atomic E-state index is 6.72. The van der Waals surface area contributed by atoms with Crippen molar-refractivity contribution >= 4 is 33.0 Å². The second kappa shape index (κ2) is 12.0. The minimum Gasteiger partial charge on any atom is -0.455 e. The van der Waals surface area contributed by atoms with Gasteiger partial charge < -0.3 is 4.42 Å². The molecular formula is C52H36N2O. The lowest BCUT2D eigenvalue weighted by atomic mass is 9.70. The lowest BCUT2D eigenvalue weighted by molar-refractivity contribution is 0.669. The molecule has 0 bridgehead atoms. The lowest BCUT2D eigenvalue weighted by Crippen LogP contribution is -2.25. The van der Waals surface area contributed by atoms with E-state index in [2.05, 4.69) is 180 Å². The van der Waals surface area contributed by atoms with Gasteiger partial charge in [-0.25, -0.2) is 4.98 Å². The van der Waals surface area contributed by atoms with E-state index in [0.29, 0.717) is 0 Å². The van der Waals surface area contributed by atoms with Crippen molar-refractivity contribution in [3.63, 3.8) is 0 Å². The van der Waals surface area contributed by atoms with E-state index < -0.39 is 5.41 Å². The average Bonchev–Trinajstić information content (AvgIpc) is 4.00. The summed E-state index contributed by atoms with van der Waals surface area (Å²) in [6, 6.07) is 65.8. The van der Waals surface area contributed by atoms with Gasteiger partial charge in [0.15, 0.2) is 0 Å². The number of hydrogen-bond acceptors (Lipinski definition) is 2. The van der Waals surface area contributed by atoms with Crippen molar-refractivity contribution in [2.75, 3.05) is 0 Å². The van der Waals surface area contributed by atoms with Crippen LogP contribution in [0.25, 0.3) is 83.4 Å². The van der Waals surface area contributed by atoms with E-state index >= 15 is 0 Å². The fraction of sp³-hybridized carbons (Fsp3) is 0.0577. The third kappa shape index (κ3) is 4.24. The Hall–Kier alpha value is -6.97. The molecular weight excluding hydrogens is 669 g/mol. The molecule has 0 amide bonds. The molecule has 0 N–H and O–H groups in total. The van der Waals surface area contributed by atoms with E-state index in [1.165, 1.54) is 55.6 Å². The van der Waals surface area contributed by atoms with Crippen LogP contribution in [-0.2, 0) is 5.41 Å². The number of para-hydroxylation sites is 3. The van der Waals surface area contributed by atoms with Crippen molar-refractivity contribution in [1.29, 1.82) is 0 Å². The largest absolute Gasteiger partial charge is 0.455 e. The highest BCUT2D eigenvalue weighted by Gasteiger charge is 2.53. The first kappa shape index (κ1) is 31.5. The Bertz CT molecular complexity index is 3110. The summed E-state index contributed by atoms with van der Waals surface area (Å²) in [5.74, 6) is 0.938. The van der Waals surface area contributed by atoms with Crippen LogP contribution < -0.4 is 0 Å². The van der Waals surface area contributed by atoms with E-state index in [1.807, 2.05) is 19.9 Å². The van der Waals surface area contributed by atoms with Gasteiger partial charge in [0.1, 0.15) is 17.0 Å². The molecule has 2 aromatic heterocycles. The number of rotatable bonds is 3. The van der Waals surface area contributed by atoms with Gasteiger partial charge in [0.2, 0.25) is 0 Å². The standard InChI is InChI=1S/C50H30N2O.C2H6/c1-2-13-32(14-3-1)49-51-43-22-9-10-23-44(43)52(49)33-27-25-31(26-28-33)34-18-12-21-41-46(34)37-16-4-7-19-39(37)50(41)40-20-8-5-17-38(40)47-42(50)30-29-36-35-15-6-11-24-45(35)53-48(36)47;1-2/h1-30H;1-2H3. The Morgan fingerprint density at radius 1 is 0.455 bits per heavy atom. The number of hydrogen-bond donors (Lipinski definition) is 0. The smallest absolute Gasteiger partial charge is 0.145 e. The Morgan fingerprint density at radius 2 is 1.07 bits per heavy atom. The predicted molar refractivity (Wildman–Crippen MR) is 227 cm³/mol. The summed E-state index contributed by atoms with van der Waals surface area (Å²) in [6.45, 7) is 4.00. The van der Waals surface area contributed by atoms with Crippen molar-refractivity contribution < 1.29 is 4.42 Å². The lowest BCUT2D eigenvalue weighted by Gasteiger charge is -2.30. The molecule has 3 heteroatoms. The summed E-state index contributed by atoms with van der Waals surface area (Å²) in [4.78, 5) is 5.08. The Balaban J connectivity index is 0.00000173. The molecule has 0 saturated carbocycles. The summed E-state index contributed by atoms with van der Waals surface area (Å²) in [5.41, 5.74) is 18.3. The molecule has 1 unspecified atom stereocenters. The van der Waals surface area contributed by atoms with Gasteiger partial charge in [-0.1, -0.05) is 166 Å². The van der Waals surface area contributed by atoms with Gasteiger partial charge in [-0.15, -0.1) is 0 Å². The van der Waals surface area contributed by atoms with Crippen LogP contribution in [-0.4, -0.2) is 9.55 Å². The molecule has 0 saturated heterocycles. The van der Waals surface area contributed by atoms with Crippen LogP contribution >= 0.6 is 0 Å². The first-order chi connectivity index (χ1) is 27.3. The number of fused-ring (bicyclic) bond motifs is 15. The van der Waals surface area contributed by atoms with E-state index in [0.717, 1.165) is 50.0 Å². The van der Waals surface area contributed by atoms with Crippen LogP contribution in [0.5, 0.6) is 0 Å². The third-order valence-electron chi connectivity index (χ3n) is 11.6. The molecule has 12 rings (SSSR count). The van der Waals surface area contributed by atoms with E-state index in [9.17, 15) is 0 Å². The van der Waals surface area contributed by atoms with Crippen LogP contribution in [0.1, 0.15) is 36.1 Å². The van der Waals surface area contributed by atoms with Gasteiger partial charge in [-0.3, -0.25) is 4.57 Å². The molecule has 2 heterocycles. The van der Waals surface area contributed by atoms with Crippen LogP contribution in [0.15, 0.2) is 186 Å². The van der Waals surface area contributed by atoms with Crippen LogP contribution in [0, 0.1) is 0 Å². The summed E-state index contributed by atoms with van der Waals surface area (Å²) in [5, 5.41) is 2.31. The van der Waals surface area contributed by atoms with E-state index in [1.54, 1.807) is 0 Å². The highest BCUT2D eigenvalue weighted by molar-refractivity contribution is 6.13. The summed E-state index contributed by atoms with van der Waals surface area (Å²) < 4.78 is 9.00. The van der Waals surface area contributed by atoms with E-state index in [4.69, 9.17) is 9.40 Å². The van der Waals surface area contributed by atoms with Gasteiger partial charge in [0.05, 0.1) is 16.4 Å². The van der Waals surface area contributed by atoms with Crippen LogP contribution in [0.2, 0.25) is 0 Å². The maximum Gasteiger partial charge on any atom is 0.145 e. The van der Waals surface area contributed by atoms with Crippen molar-refractivity contribution in [3.05, 3.63) is 204 Å². The molecule has 55 heavy (non-hydrogen) atoms. The molecule has 3 nitrogen and oxygen atoms in total. The molecule has 2 aliphatic rings. The number of benzene rings is 8. The number of aromatic nitrogens is 2. The zero-order valence-corrected chi connectivity index (χ0v) is 30.6. The first-order valence-corrected chi connectivity index (χ1v) is 19.2. The molecule has 260 valence electrons. The average molecular weight is 705 g/mol. The summed E-state index contributed by atoms with van der Waals surface area (Å²) >= 11 is 0. The summed E-state index contributed by atoms with van der Waals surface area (Å²) in [7, 11) is 0.